The van der Waals surface area contributed by atoms with Gasteiger partial charge < -0.3 is 5.32 Å². The van der Waals surface area contributed by atoms with Crippen molar-refractivity contribution in [1.82, 2.24) is 5.32 Å². The lowest BCUT2D eigenvalue weighted by Crippen LogP contribution is -2.24. The highest BCUT2D eigenvalue weighted by Crippen LogP contribution is 2.17. The molecule has 0 radical (unpaired) electrons. The van der Waals surface area contributed by atoms with Gasteiger partial charge in [0.25, 0.3) is 5.91 Å². The zero-order valence-corrected chi connectivity index (χ0v) is 14.4. The molecule has 0 saturated heterocycles. The largest absolute Gasteiger partial charge is 0.348 e. The van der Waals surface area contributed by atoms with Crippen LogP contribution in [0.25, 0.3) is 0 Å². The summed E-state index contributed by atoms with van der Waals surface area (Å²) in [4.78, 5) is 12.2. The first-order chi connectivity index (χ1) is 9.90. The molecule has 2 rings (SSSR count). The van der Waals surface area contributed by atoms with Crippen LogP contribution in [0, 0.1) is 30.2 Å². The molecule has 0 spiro atoms. The molecule has 0 bridgehead atoms. The van der Waals surface area contributed by atoms with Gasteiger partial charge in [-0.2, -0.15) is 0 Å². The van der Waals surface area contributed by atoms with Crippen LogP contribution in [0.5, 0.6) is 0 Å². The van der Waals surface area contributed by atoms with Gasteiger partial charge >= 0.3 is 0 Å². The maximum absolute atomic E-state index is 13.6. The van der Waals surface area contributed by atoms with Gasteiger partial charge in [0, 0.05) is 10.1 Å². The second kappa shape index (κ2) is 6.56. The van der Waals surface area contributed by atoms with E-state index in [0.29, 0.717) is 23.2 Å². The van der Waals surface area contributed by atoms with Crippen molar-refractivity contribution in [2.75, 3.05) is 0 Å². The smallest absolute Gasteiger partial charge is 0.252 e. The van der Waals surface area contributed by atoms with E-state index in [1.54, 1.807) is 26.0 Å². The Bertz CT molecular complexity index is 674. The molecule has 0 aliphatic rings. The number of benzene rings is 2. The first kappa shape index (κ1) is 15.9. The predicted octanol–water partition coefficient (Wildman–Crippen LogP) is 4.29. The molecule has 4 heteroatoms. The van der Waals surface area contributed by atoms with Crippen molar-refractivity contribution in [3.63, 3.8) is 0 Å². The molecule has 2 aromatic rings. The number of aryl methyl sites for hydroxylation is 3. The molecule has 1 amide bonds. The van der Waals surface area contributed by atoms with Crippen LogP contribution >= 0.6 is 22.6 Å². The monoisotopic (exact) mass is 397 g/mol. The van der Waals surface area contributed by atoms with Gasteiger partial charge in [0.15, 0.2) is 0 Å². The molecule has 21 heavy (non-hydrogen) atoms. The van der Waals surface area contributed by atoms with Gasteiger partial charge in [0.1, 0.15) is 5.82 Å². The normalized spacial score (nSPS) is 10.5. The van der Waals surface area contributed by atoms with Crippen LogP contribution in [0.3, 0.4) is 0 Å². The highest BCUT2D eigenvalue weighted by molar-refractivity contribution is 14.1. The third-order valence-corrected chi connectivity index (χ3v) is 4.82. The van der Waals surface area contributed by atoms with E-state index in [1.165, 1.54) is 0 Å². The maximum atomic E-state index is 13.6. The van der Waals surface area contributed by atoms with Gasteiger partial charge in [0.05, 0.1) is 5.56 Å². The van der Waals surface area contributed by atoms with Crippen LogP contribution in [0.1, 0.15) is 32.6 Å². The van der Waals surface area contributed by atoms with Crippen molar-refractivity contribution in [2.24, 2.45) is 0 Å². The Kier molecular flexibility index (Phi) is 4.98. The van der Waals surface area contributed by atoms with Gasteiger partial charge in [0.2, 0.25) is 0 Å². The summed E-state index contributed by atoms with van der Waals surface area (Å²) in [5.74, 6) is -0.291. The highest BCUT2D eigenvalue weighted by Gasteiger charge is 2.11. The minimum atomic E-state index is -0.182. The first-order valence-electron chi connectivity index (χ1n) is 6.69. The van der Waals surface area contributed by atoms with E-state index in [-0.39, 0.29) is 11.7 Å². The van der Waals surface area contributed by atoms with Crippen LogP contribution in [-0.4, -0.2) is 5.91 Å². The van der Waals surface area contributed by atoms with Crippen LogP contribution in [0.15, 0.2) is 30.3 Å². The second-order valence-corrected chi connectivity index (χ2v) is 6.24. The van der Waals surface area contributed by atoms with Crippen molar-refractivity contribution in [1.29, 1.82) is 0 Å². The average Bonchev–Trinajstić information content (AvgIpc) is 2.45. The molecule has 1 N–H and O–H groups in total. The second-order valence-electron chi connectivity index (χ2n) is 5.16. The van der Waals surface area contributed by atoms with E-state index in [4.69, 9.17) is 0 Å². The number of nitrogens with one attached hydrogen (secondary N) is 1. The summed E-state index contributed by atoms with van der Waals surface area (Å²) in [6.45, 7) is 5.84. The first-order valence-corrected chi connectivity index (χ1v) is 7.77. The quantitative estimate of drug-likeness (QED) is 0.770. The Balaban J connectivity index is 2.13. The molecule has 0 unspecified atom stereocenters. The number of carbonyl (C=O) groups excluding carboxylic acids is 1. The maximum Gasteiger partial charge on any atom is 0.252 e. The summed E-state index contributed by atoms with van der Waals surface area (Å²) in [6.07, 6.45) is 0. The number of amides is 1. The number of halogens is 2. The number of rotatable bonds is 3. The van der Waals surface area contributed by atoms with Gasteiger partial charge in [-0.15, -0.1) is 0 Å². The van der Waals surface area contributed by atoms with Crippen molar-refractivity contribution in [2.45, 2.75) is 27.3 Å². The van der Waals surface area contributed by atoms with Crippen LogP contribution < -0.4 is 5.32 Å². The minimum absolute atomic E-state index is 0.109. The van der Waals surface area contributed by atoms with Gasteiger partial charge in [-0.3, -0.25) is 4.79 Å². The lowest BCUT2D eigenvalue weighted by atomic mass is 10.1. The van der Waals surface area contributed by atoms with Gasteiger partial charge in [-0.25, -0.2) is 4.39 Å². The van der Waals surface area contributed by atoms with E-state index < -0.39 is 0 Å². The zero-order chi connectivity index (χ0) is 15.6. The number of hydrogen-bond acceptors (Lipinski definition) is 1. The molecule has 2 aromatic carbocycles. The SMILES string of the molecule is Cc1cc(CNC(=O)c2cccc(C)c2I)cc(C)c1F. The summed E-state index contributed by atoms with van der Waals surface area (Å²) in [5.41, 5.74) is 3.86. The Morgan fingerprint density at radius 3 is 2.38 bits per heavy atom. The average molecular weight is 397 g/mol. The molecule has 0 heterocycles. The standard InChI is InChI=1S/C17H17FINO/c1-10-5-4-6-14(16(10)19)17(21)20-9-13-7-11(2)15(18)12(3)8-13/h4-8H,9H2,1-3H3,(H,20,21). The Morgan fingerprint density at radius 1 is 1.14 bits per heavy atom. The third-order valence-electron chi connectivity index (χ3n) is 3.39. The Labute approximate surface area is 137 Å². The van der Waals surface area contributed by atoms with Crippen LogP contribution in [0.2, 0.25) is 0 Å². The van der Waals surface area contributed by atoms with Crippen molar-refractivity contribution < 1.29 is 9.18 Å². The minimum Gasteiger partial charge on any atom is -0.348 e. The third kappa shape index (κ3) is 3.61. The summed E-state index contributed by atoms with van der Waals surface area (Å²) < 4.78 is 14.5. The molecule has 0 aromatic heterocycles. The van der Waals surface area contributed by atoms with Crippen molar-refractivity contribution >= 4 is 28.5 Å². The molecule has 0 aliphatic carbocycles. The summed E-state index contributed by atoms with van der Waals surface area (Å²) in [7, 11) is 0. The van der Waals surface area contributed by atoms with E-state index >= 15 is 0 Å². The molecule has 110 valence electrons. The topological polar surface area (TPSA) is 29.1 Å². The molecule has 2 nitrogen and oxygen atoms in total. The Morgan fingerprint density at radius 2 is 1.76 bits per heavy atom. The van der Waals surface area contributed by atoms with E-state index in [1.807, 2.05) is 25.1 Å². The fraction of sp³-hybridized carbons (Fsp3) is 0.235. The molecule has 0 aliphatic heterocycles. The van der Waals surface area contributed by atoms with E-state index in [9.17, 15) is 9.18 Å². The van der Waals surface area contributed by atoms with E-state index in [0.717, 1.165) is 14.7 Å². The van der Waals surface area contributed by atoms with Crippen molar-refractivity contribution in [3.05, 3.63) is 67.5 Å². The van der Waals surface area contributed by atoms with Crippen LogP contribution in [-0.2, 0) is 6.54 Å². The number of hydrogen-bond donors (Lipinski definition) is 1. The molecular weight excluding hydrogens is 380 g/mol. The fourth-order valence-corrected chi connectivity index (χ4v) is 2.84. The molecular formula is C17H17FINO. The molecule has 0 saturated carbocycles. The lowest BCUT2D eigenvalue weighted by molar-refractivity contribution is 0.0950. The summed E-state index contributed by atoms with van der Waals surface area (Å²) in [6, 6.07) is 9.20. The van der Waals surface area contributed by atoms with Gasteiger partial charge in [-0.05, 0) is 71.7 Å². The van der Waals surface area contributed by atoms with Crippen molar-refractivity contribution in [3.8, 4) is 0 Å². The van der Waals surface area contributed by atoms with Crippen LogP contribution in [0.4, 0.5) is 4.39 Å². The predicted molar refractivity (Wildman–Crippen MR) is 90.9 cm³/mol. The zero-order valence-electron chi connectivity index (χ0n) is 12.3. The highest BCUT2D eigenvalue weighted by atomic mass is 127. The molecule has 0 atom stereocenters. The fourth-order valence-electron chi connectivity index (χ4n) is 2.24. The lowest BCUT2D eigenvalue weighted by Gasteiger charge is -2.10. The van der Waals surface area contributed by atoms with Gasteiger partial charge in [-0.1, -0.05) is 24.3 Å². The molecule has 0 fully saturated rings. The number of carbonyl (C=O) groups is 1. The van der Waals surface area contributed by atoms with E-state index in [2.05, 4.69) is 27.9 Å². The summed E-state index contributed by atoms with van der Waals surface area (Å²) >= 11 is 2.18. The summed E-state index contributed by atoms with van der Waals surface area (Å²) in [5, 5.41) is 2.89. The Hall–Kier alpha value is -1.43.